The Morgan fingerprint density at radius 2 is 1.04 bits per heavy atom. The van der Waals surface area contributed by atoms with Crippen LogP contribution in [0.25, 0.3) is 0 Å². The first-order valence-electron chi connectivity index (χ1n) is 7.60. The highest BCUT2D eigenvalue weighted by molar-refractivity contribution is 5.60. The van der Waals surface area contributed by atoms with Crippen LogP contribution in [0.2, 0.25) is 0 Å². The number of benzene rings is 1. The molecule has 0 saturated carbocycles. The molecule has 0 aliphatic heterocycles. The number of ether oxygens (including phenoxy) is 6. The smallest absolute Gasteiger partial charge is 0.490 e. The molecule has 0 aliphatic carbocycles. The van der Waals surface area contributed by atoms with Crippen LogP contribution >= 0.6 is 0 Å². The Balaban J connectivity index is 2.16. The highest BCUT2D eigenvalue weighted by atomic mass is 16.7. The van der Waals surface area contributed by atoms with E-state index < -0.39 is 12.3 Å². The predicted octanol–water partition coefficient (Wildman–Crippen LogP) is 2.79. The van der Waals surface area contributed by atoms with Crippen LogP contribution in [0, 0.1) is 0 Å². The van der Waals surface area contributed by atoms with Gasteiger partial charge in [-0.3, -0.25) is 0 Å². The van der Waals surface area contributed by atoms with Crippen molar-refractivity contribution in [1.82, 2.24) is 0 Å². The number of rotatable bonds is 10. The van der Waals surface area contributed by atoms with Crippen LogP contribution in [0.3, 0.4) is 0 Å². The van der Waals surface area contributed by atoms with E-state index in [1.54, 1.807) is 38.1 Å². The third kappa shape index (κ3) is 8.72. The summed E-state index contributed by atoms with van der Waals surface area (Å²) >= 11 is 0. The Bertz CT molecular complexity index is 440. The summed E-state index contributed by atoms with van der Waals surface area (Å²) in [5.41, 5.74) is 0. The molecule has 0 aliphatic rings. The molecule has 0 radical (unpaired) electrons. The fraction of sp³-hybridized carbons (Fsp3) is 0.500. The standard InChI is InChI=1S/C16H22O8/c1-3-19-15(17)23-11-9-21-13-5-7-14(8-6-13)22-10-12-24-16(18)20-4-2/h5-8H,3-4,9-12H2,1-2H3. The average Bonchev–Trinajstić information content (AvgIpc) is 2.57. The van der Waals surface area contributed by atoms with Crippen molar-refractivity contribution in [2.75, 3.05) is 39.6 Å². The lowest BCUT2D eigenvalue weighted by Crippen LogP contribution is -2.13. The maximum atomic E-state index is 10.9. The van der Waals surface area contributed by atoms with Gasteiger partial charge in [-0.1, -0.05) is 0 Å². The van der Waals surface area contributed by atoms with Gasteiger partial charge in [-0.25, -0.2) is 9.59 Å². The molecule has 134 valence electrons. The van der Waals surface area contributed by atoms with Crippen LogP contribution in [0.5, 0.6) is 11.5 Å². The number of carbonyl (C=O) groups is 2. The minimum Gasteiger partial charge on any atom is -0.490 e. The van der Waals surface area contributed by atoms with Crippen LogP contribution in [-0.4, -0.2) is 52.0 Å². The summed E-state index contributed by atoms with van der Waals surface area (Å²) in [4.78, 5) is 21.9. The quantitative estimate of drug-likeness (QED) is 0.474. The van der Waals surface area contributed by atoms with Crippen molar-refractivity contribution in [1.29, 1.82) is 0 Å². The van der Waals surface area contributed by atoms with Gasteiger partial charge in [-0.05, 0) is 38.1 Å². The molecule has 0 heterocycles. The summed E-state index contributed by atoms with van der Waals surface area (Å²) in [6.45, 7) is 4.57. The number of carbonyl (C=O) groups excluding carboxylic acids is 2. The van der Waals surface area contributed by atoms with Crippen molar-refractivity contribution in [3.8, 4) is 11.5 Å². The second kappa shape index (κ2) is 11.9. The van der Waals surface area contributed by atoms with Crippen LogP contribution in [0.1, 0.15) is 13.8 Å². The van der Waals surface area contributed by atoms with Gasteiger partial charge < -0.3 is 28.4 Å². The molecule has 8 nitrogen and oxygen atoms in total. The van der Waals surface area contributed by atoms with Gasteiger partial charge in [-0.15, -0.1) is 0 Å². The van der Waals surface area contributed by atoms with Gasteiger partial charge >= 0.3 is 12.3 Å². The third-order valence-electron chi connectivity index (χ3n) is 2.49. The van der Waals surface area contributed by atoms with Crippen molar-refractivity contribution < 1.29 is 38.0 Å². The van der Waals surface area contributed by atoms with E-state index in [4.69, 9.17) is 18.9 Å². The van der Waals surface area contributed by atoms with Crippen molar-refractivity contribution in [2.45, 2.75) is 13.8 Å². The van der Waals surface area contributed by atoms with Crippen molar-refractivity contribution >= 4 is 12.3 Å². The van der Waals surface area contributed by atoms with E-state index in [9.17, 15) is 9.59 Å². The van der Waals surface area contributed by atoms with E-state index in [-0.39, 0.29) is 39.6 Å². The zero-order valence-electron chi connectivity index (χ0n) is 13.8. The fourth-order valence-electron chi connectivity index (χ4n) is 1.52. The minimum absolute atomic E-state index is 0.0995. The summed E-state index contributed by atoms with van der Waals surface area (Å²) in [5.74, 6) is 1.22. The topological polar surface area (TPSA) is 89.5 Å². The highest BCUT2D eigenvalue weighted by Gasteiger charge is 2.03. The maximum Gasteiger partial charge on any atom is 0.508 e. The first-order chi connectivity index (χ1) is 11.7. The fourth-order valence-corrected chi connectivity index (χ4v) is 1.52. The molecule has 0 unspecified atom stereocenters. The molecule has 1 aromatic carbocycles. The average molecular weight is 342 g/mol. The van der Waals surface area contributed by atoms with Crippen molar-refractivity contribution in [3.05, 3.63) is 24.3 Å². The zero-order valence-corrected chi connectivity index (χ0v) is 13.8. The predicted molar refractivity (Wildman–Crippen MR) is 83.4 cm³/mol. The second-order valence-corrected chi connectivity index (χ2v) is 4.23. The Morgan fingerprint density at radius 3 is 1.38 bits per heavy atom. The Morgan fingerprint density at radius 1 is 0.667 bits per heavy atom. The van der Waals surface area contributed by atoms with Gasteiger partial charge in [0.1, 0.15) is 37.9 Å². The molecule has 24 heavy (non-hydrogen) atoms. The minimum atomic E-state index is -0.713. The molecule has 0 N–H and O–H groups in total. The van der Waals surface area contributed by atoms with Crippen LogP contribution in [0.15, 0.2) is 24.3 Å². The number of hydrogen-bond donors (Lipinski definition) is 0. The lowest BCUT2D eigenvalue weighted by atomic mass is 10.3. The molecule has 0 aromatic heterocycles. The van der Waals surface area contributed by atoms with Gasteiger partial charge in [0.2, 0.25) is 0 Å². The van der Waals surface area contributed by atoms with E-state index in [2.05, 4.69) is 9.47 Å². The molecule has 0 bridgehead atoms. The van der Waals surface area contributed by atoms with E-state index in [0.717, 1.165) is 0 Å². The number of hydrogen-bond acceptors (Lipinski definition) is 8. The van der Waals surface area contributed by atoms with Crippen LogP contribution < -0.4 is 9.47 Å². The molecule has 1 aromatic rings. The molecule has 0 fully saturated rings. The normalized spacial score (nSPS) is 9.75. The highest BCUT2D eigenvalue weighted by Crippen LogP contribution is 2.17. The summed E-state index contributed by atoms with van der Waals surface area (Å²) in [6, 6.07) is 6.86. The summed E-state index contributed by atoms with van der Waals surface area (Å²) < 4.78 is 29.6. The van der Waals surface area contributed by atoms with Gasteiger partial charge in [0.15, 0.2) is 0 Å². The summed E-state index contributed by atoms with van der Waals surface area (Å²) in [5, 5.41) is 0. The van der Waals surface area contributed by atoms with Crippen molar-refractivity contribution in [2.24, 2.45) is 0 Å². The Kier molecular flexibility index (Phi) is 9.59. The van der Waals surface area contributed by atoms with E-state index >= 15 is 0 Å². The van der Waals surface area contributed by atoms with E-state index in [1.807, 2.05) is 0 Å². The molecular weight excluding hydrogens is 320 g/mol. The summed E-state index contributed by atoms with van der Waals surface area (Å²) in [6.07, 6.45) is -1.43. The molecule has 8 heteroatoms. The van der Waals surface area contributed by atoms with Gasteiger partial charge in [0, 0.05) is 0 Å². The summed E-state index contributed by atoms with van der Waals surface area (Å²) in [7, 11) is 0. The van der Waals surface area contributed by atoms with Gasteiger partial charge in [0.05, 0.1) is 13.2 Å². The third-order valence-corrected chi connectivity index (χ3v) is 2.49. The zero-order chi connectivity index (χ0) is 17.6. The van der Waals surface area contributed by atoms with Crippen LogP contribution in [-0.2, 0) is 18.9 Å². The Labute approximate surface area is 140 Å². The van der Waals surface area contributed by atoms with E-state index in [1.165, 1.54) is 0 Å². The molecule has 0 spiro atoms. The first kappa shape index (κ1) is 19.4. The SMILES string of the molecule is CCOC(=O)OCCOc1ccc(OCCOC(=O)OCC)cc1. The van der Waals surface area contributed by atoms with Gasteiger partial charge in [0.25, 0.3) is 0 Å². The largest absolute Gasteiger partial charge is 0.508 e. The molecule has 0 amide bonds. The second-order valence-electron chi connectivity index (χ2n) is 4.23. The molecule has 0 saturated heterocycles. The van der Waals surface area contributed by atoms with Crippen molar-refractivity contribution in [3.63, 3.8) is 0 Å². The van der Waals surface area contributed by atoms with Gasteiger partial charge in [-0.2, -0.15) is 0 Å². The lowest BCUT2D eigenvalue weighted by molar-refractivity contribution is 0.0484. The molecular formula is C16H22O8. The monoisotopic (exact) mass is 342 g/mol. The van der Waals surface area contributed by atoms with E-state index in [0.29, 0.717) is 11.5 Å². The molecule has 0 atom stereocenters. The maximum absolute atomic E-state index is 10.9. The van der Waals surface area contributed by atoms with Crippen LogP contribution in [0.4, 0.5) is 9.59 Å². The first-order valence-corrected chi connectivity index (χ1v) is 7.60. The lowest BCUT2D eigenvalue weighted by Gasteiger charge is -2.09. The molecule has 1 rings (SSSR count). The Hall–Kier alpha value is -2.64.